The van der Waals surface area contributed by atoms with Crippen LogP contribution < -0.4 is 15.4 Å². The van der Waals surface area contributed by atoms with E-state index < -0.39 is 15.6 Å². The maximum absolute atomic E-state index is 11.6. The molecule has 1 amide bonds. The zero-order valence-corrected chi connectivity index (χ0v) is 12.8. The van der Waals surface area contributed by atoms with E-state index in [1.54, 1.807) is 20.8 Å². The van der Waals surface area contributed by atoms with E-state index >= 15 is 0 Å². The molecule has 0 saturated heterocycles. The number of carbonyl (C=O) groups is 1. The van der Waals surface area contributed by atoms with Crippen LogP contribution in [0.1, 0.15) is 34.6 Å². The molecular weight excluding hydrogens is 254 g/mol. The number of carbonyl (C=O) groups excluding carboxylic acids is 1. The van der Waals surface area contributed by atoms with Crippen molar-refractivity contribution in [3.8, 4) is 0 Å². The number of hydrogen-bond acceptors (Lipinski definition) is 4. The summed E-state index contributed by atoms with van der Waals surface area (Å²) in [4.78, 5) is 11.6. The van der Waals surface area contributed by atoms with Crippen molar-refractivity contribution in [2.75, 3.05) is 12.8 Å². The van der Waals surface area contributed by atoms with Crippen molar-refractivity contribution < 1.29 is 13.2 Å². The van der Waals surface area contributed by atoms with Gasteiger partial charge in [-0.1, -0.05) is 0 Å². The average Bonchev–Trinajstić information content (AvgIpc) is 2.09. The fourth-order valence-electron chi connectivity index (χ4n) is 1.45. The van der Waals surface area contributed by atoms with Crippen molar-refractivity contribution in [1.29, 1.82) is 0 Å². The summed E-state index contributed by atoms with van der Waals surface area (Å²) in [6, 6.07) is -0.281. The largest absolute Gasteiger partial charge is 0.353 e. The van der Waals surface area contributed by atoms with Gasteiger partial charge in [-0.05, 0) is 34.6 Å². The Balaban J connectivity index is 4.27. The average molecular weight is 279 g/mol. The molecule has 1 unspecified atom stereocenters. The van der Waals surface area contributed by atoms with Crippen LogP contribution in [-0.2, 0) is 14.8 Å². The van der Waals surface area contributed by atoms with E-state index in [1.807, 2.05) is 13.8 Å². The van der Waals surface area contributed by atoms with Crippen molar-refractivity contribution in [2.45, 2.75) is 52.2 Å². The van der Waals surface area contributed by atoms with Crippen LogP contribution in [0.15, 0.2) is 0 Å². The molecule has 0 aromatic carbocycles. The molecule has 7 heteroatoms. The van der Waals surface area contributed by atoms with Gasteiger partial charge in [0.15, 0.2) is 0 Å². The summed E-state index contributed by atoms with van der Waals surface area (Å²) in [6.45, 7) is 9.41. The van der Waals surface area contributed by atoms with Gasteiger partial charge in [-0.3, -0.25) is 4.79 Å². The van der Waals surface area contributed by atoms with Crippen LogP contribution >= 0.6 is 0 Å². The molecule has 108 valence electrons. The van der Waals surface area contributed by atoms with Gasteiger partial charge in [-0.25, -0.2) is 13.1 Å². The fourth-order valence-corrected chi connectivity index (χ4v) is 2.52. The zero-order valence-electron chi connectivity index (χ0n) is 12.0. The Morgan fingerprint density at radius 2 is 1.72 bits per heavy atom. The Bertz CT molecular complexity index is 377. The van der Waals surface area contributed by atoms with Gasteiger partial charge in [0.2, 0.25) is 15.9 Å². The summed E-state index contributed by atoms with van der Waals surface area (Å²) in [6.07, 6.45) is 1.11. The quantitative estimate of drug-likeness (QED) is 0.603. The summed E-state index contributed by atoms with van der Waals surface area (Å²) in [5.74, 6) is -0.0971. The van der Waals surface area contributed by atoms with E-state index in [2.05, 4.69) is 15.4 Å². The van der Waals surface area contributed by atoms with Gasteiger partial charge < -0.3 is 10.6 Å². The van der Waals surface area contributed by atoms with Gasteiger partial charge in [0.1, 0.15) is 0 Å². The van der Waals surface area contributed by atoms with Gasteiger partial charge in [0, 0.05) is 18.1 Å². The Morgan fingerprint density at radius 3 is 2.11 bits per heavy atom. The molecule has 18 heavy (non-hydrogen) atoms. The van der Waals surface area contributed by atoms with Gasteiger partial charge in [0.25, 0.3) is 0 Å². The molecule has 1 atom stereocenters. The fraction of sp³-hybridized carbons (Fsp3) is 0.909. The first kappa shape index (κ1) is 17.3. The van der Waals surface area contributed by atoms with Crippen LogP contribution in [0.4, 0.5) is 0 Å². The number of rotatable bonds is 7. The van der Waals surface area contributed by atoms with Crippen molar-refractivity contribution in [2.24, 2.45) is 0 Å². The summed E-state index contributed by atoms with van der Waals surface area (Å²) in [7, 11) is -3.26. The molecule has 0 bridgehead atoms. The van der Waals surface area contributed by atoms with Crippen LogP contribution in [0.5, 0.6) is 0 Å². The van der Waals surface area contributed by atoms with E-state index in [-0.39, 0.29) is 18.0 Å². The van der Waals surface area contributed by atoms with E-state index in [0.717, 1.165) is 6.26 Å². The molecule has 0 rings (SSSR count). The smallest absolute Gasteiger partial charge is 0.237 e. The number of sulfonamides is 1. The lowest BCUT2D eigenvalue weighted by Crippen LogP contribution is -2.54. The highest BCUT2D eigenvalue weighted by molar-refractivity contribution is 7.88. The molecular formula is C11H25N3O3S. The minimum atomic E-state index is -3.26. The van der Waals surface area contributed by atoms with Gasteiger partial charge in [-0.15, -0.1) is 0 Å². The molecule has 0 radical (unpaired) electrons. The van der Waals surface area contributed by atoms with Gasteiger partial charge in [0.05, 0.1) is 12.3 Å². The lowest BCUT2D eigenvalue weighted by Gasteiger charge is -2.27. The standard InChI is InChI=1S/C11H25N3O3S/c1-8(2)13-10(15)9(3)12-7-11(4,5)14-18(6,16)17/h8-9,12,14H,7H2,1-6H3,(H,13,15). The zero-order chi connectivity index (χ0) is 14.6. The third-order valence-corrected chi connectivity index (χ3v) is 3.06. The summed E-state index contributed by atoms with van der Waals surface area (Å²) < 4.78 is 24.8. The second kappa shape index (κ2) is 6.49. The van der Waals surface area contributed by atoms with Gasteiger partial charge >= 0.3 is 0 Å². The second-order valence-corrected chi connectivity index (χ2v) is 7.27. The molecule has 0 aliphatic rings. The lowest BCUT2D eigenvalue weighted by atomic mass is 10.1. The van der Waals surface area contributed by atoms with Crippen LogP contribution in [0, 0.1) is 0 Å². The Hall–Kier alpha value is -0.660. The van der Waals surface area contributed by atoms with Crippen molar-refractivity contribution in [3.63, 3.8) is 0 Å². The summed E-state index contributed by atoms with van der Waals surface area (Å²) in [5, 5.41) is 5.80. The predicted molar refractivity (Wildman–Crippen MR) is 72.8 cm³/mol. The minimum absolute atomic E-state index is 0.0869. The molecule has 0 spiro atoms. The highest BCUT2D eigenvalue weighted by atomic mass is 32.2. The number of amides is 1. The number of hydrogen-bond donors (Lipinski definition) is 3. The lowest BCUT2D eigenvalue weighted by molar-refractivity contribution is -0.123. The first-order valence-corrected chi connectivity index (χ1v) is 7.85. The third-order valence-electron chi connectivity index (χ3n) is 2.14. The van der Waals surface area contributed by atoms with E-state index in [0.29, 0.717) is 6.54 Å². The Morgan fingerprint density at radius 1 is 1.22 bits per heavy atom. The van der Waals surface area contributed by atoms with Crippen molar-refractivity contribution in [1.82, 2.24) is 15.4 Å². The third kappa shape index (κ3) is 8.43. The minimum Gasteiger partial charge on any atom is -0.353 e. The summed E-state index contributed by atoms with van der Waals surface area (Å²) in [5.41, 5.74) is -0.639. The van der Waals surface area contributed by atoms with Crippen LogP contribution in [-0.4, -0.2) is 44.7 Å². The molecule has 0 aromatic rings. The van der Waals surface area contributed by atoms with Crippen molar-refractivity contribution >= 4 is 15.9 Å². The van der Waals surface area contributed by atoms with E-state index in [1.165, 1.54) is 0 Å². The topological polar surface area (TPSA) is 87.3 Å². The molecule has 3 N–H and O–H groups in total. The van der Waals surface area contributed by atoms with Crippen LogP contribution in [0.3, 0.4) is 0 Å². The first-order chi connectivity index (χ1) is 7.93. The predicted octanol–water partition coefficient (Wildman–Crippen LogP) is -0.183. The first-order valence-electron chi connectivity index (χ1n) is 5.96. The Kier molecular flexibility index (Phi) is 6.25. The molecule has 0 aliphatic heterocycles. The normalized spacial score (nSPS) is 14.6. The SMILES string of the molecule is CC(C)NC(=O)C(C)NCC(C)(C)NS(C)(=O)=O. The molecule has 6 nitrogen and oxygen atoms in total. The molecule has 0 saturated carbocycles. The van der Waals surface area contributed by atoms with Crippen LogP contribution in [0.25, 0.3) is 0 Å². The monoisotopic (exact) mass is 279 g/mol. The highest BCUT2D eigenvalue weighted by Crippen LogP contribution is 2.02. The highest BCUT2D eigenvalue weighted by Gasteiger charge is 2.24. The van der Waals surface area contributed by atoms with E-state index in [9.17, 15) is 13.2 Å². The molecule has 0 heterocycles. The van der Waals surface area contributed by atoms with Gasteiger partial charge in [-0.2, -0.15) is 0 Å². The van der Waals surface area contributed by atoms with Crippen molar-refractivity contribution in [3.05, 3.63) is 0 Å². The Labute approximate surface area is 110 Å². The summed E-state index contributed by atoms with van der Waals surface area (Å²) >= 11 is 0. The molecule has 0 aliphatic carbocycles. The number of nitrogens with one attached hydrogen (secondary N) is 3. The maximum Gasteiger partial charge on any atom is 0.237 e. The second-order valence-electron chi connectivity index (χ2n) is 5.52. The maximum atomic E-state index is 11.6. The molecule has 0 fully saturated rings. The van der Waals surface area contributed by atoms with Crippen LogP contribution in [0.2, 0.25) is 0 Å². The molecule has 0 aromatic heterocycles. The van der Waals surface area contributed by atoms with E-state index in [4.69, 9.17) is 0 Å².